The minimum atomic E-state index is -2.80. The second kappa shape index (κ2) is 7.57. The molecule has 1 aliphatic heterocycles. The highest BCUT2D eigenvalue weighted by atomic mass is 19.3. The van der Waals surface area contributed by atoms with Crippen molar-refractivity contribution in [3.63, 3.8) is 0 Å². The molecule has 0 saturated heterocycles. The Bertz CT molecular complexity index is 472. The molecule has 0 saturated carbocycles. The number of halogens is 2. The summed E-state index contributed by atoms with van der Waals surface area (Å²) >= 11 is 0. The first-order chi connectivity index (χ1) is 9.74. The van der Waals surface area contributed by atoms with Crippen LogP contribution in [0.1, 0.15) is 31.2 Å². The first kappa shape index (κ1) is 14.4. The molecule has 1 aromatic carbocycles. The molecule has 0 atom stereocenters. The van der Waals surface area contributed by atoms with Gasteiger partial charge in [0.05, 0.1) is 6.21 Å². The predicted molar refractivity (Wildman–Crippen MR) is 74.6 cm³/mol. The van der Waals surface area contributed by atoms with Crippen LogP contribution in [0.15, 0.2) is 34.4 Å². The van der Waals surface area contributed by atoms with Crippen LogP contribution in [0.5, 0.6) is 5.75 Å². The van der Waals surface area contributed by atoms with Gasteiger partial charge in [-0.2, -0.15) is 13.9 Å². The van der Waals surface area contributed by atoms with Crippen molar-refractivity contribution in [1.29, 1.82) is 0 Å². The molecule has 1 N–H and O–H groups in total. The average Bonchev–Trinajstić information content (AvgIpc) is 2.69. The summed E-state index contributed by atoms with van der Waals surface area (Å²) in [7, 11) is 0. The van der Waals surface area contributed by atoms with Crippen LogP contribution < -0.4 is 10.2 Å². The molecule has 4 nitrogen and oxygen atoms in total. The molecular formula is C14H17F2N3O. The Hall–Kier alpha value is -1.98. The third-order valence-corrected chi connectivity index (χ3v) is 2.89. The molecule has 20 heavy (non-hydrogen) atoms. The number of nitrogens with one attached hydrogen (secondary N) is 1. The molecule has 0 aromatic heterocycles. The van der Waals surface area contributed by atoms with Gasteiger partial charge in [-0.25, -0.2) is 0 Å². The summed E-state index contributed by atoms with van der Waals surface area (Å²) in [6.45, 7) is -1.96. The first-order valence-electron chi connectivity index (χ1n) is 6.61. The molecule has 0 spiro atoms. The molecule has 0 bridgehead atoms. The fourth-order valence-corrected chi connectivity index (χ4v) is 1.88. The Morgan fingerprint density at radius 2 is 2.00 bits per heavy atom. The van der Waals surface area contributed by atoms with E-state index in [1.165, 1.54) is 18.6 Å². The minimum absolute atomic E-state index is 0.137. The summed E-state index contributed by atoms with van der Waals surface area (Å²) < 4.78 is 28.3. The van der Waals surface area contributed by atoms with Gasteiger partial charge in [-0.15, -0.1) is 0 Å². The third kappa shape index (κ3) is 4.95. The molecule has 108 valence electrons. The monoisotopic (exact) mass is 281 g/mol. The SMILES string of the molecule is FC(F)Oc1ccc(C=NNC2=NCCCCC2)cc1. The average molecular weight is 281 g/mol. The molecule has 1 heterocycles. The highest BCUT2D eigenvalue weighted by Crippen LogP contribution is 2.13. The van der Waals surface area contributed by atoms with Crippen LogP contribution in [0.3, 0.4) is 0 Å². The van der Waals surface area contributed by atoms with Crippen molar-refractivity contribution >= 4 is 12.1 Å². The number of amidine groups is 1. The van der Waals surface area contributed by atoms with Gasteiger partial charge in [-0.3, -0.25) is 10.4 Å². The van der Waals surface area contributed by atoms with Crippen LogP contribution in [0.4, 0.5) is 8.78 Å². The molecule has 0 aliphatic carbocycles. The van der Waals surface area contributed by atoms with E-state index in [-0.39, 0.29) is 5.75 Å². The van der Waals surface area contributed by atoms with E-state index in [1.807, 2.05) is 0 Å². The summed E-state index contributed by atoms with van der Waals surface area (Å²) in [6, 6.07) is 6.29. The van der Waals surface area contributed by atoms with Crippen molar-refractivity contribution < 1.29 is 13.5 Å². The summed E-state index contributed by atoms with van der Waals surface area (Å²) in [5.74, 6) is 1.04. The molecule has 2 rings (SSSR count). The zero-order valence-electron chi connectivity index (χ0n) is 11.1. The van der Waals surface area contributed by atoms with Crippen molar-refractivity contribution in [1.82, 2.24) is 5.43 Å². The number of hydrogen-bond donors (Lipinski definition) is 1. The van der Waals surface area contributed by atoms with E-state index >= 15 is 0 Å². The van der Waals surface area contributed by atoms with Crippen LogP contribution >= 0.6 is 0 Å². The molecule has 6 heteroatoms. The fourth-order valence-electron chi connectivity index (χ4n) is 1.88. The van der Waals surface area contributed by atoms with Crippen LogP contribution in [0, 0.1) is 0 Å². The molecule has 1 aromatic rings. The topological polar surface area (TPSA) is 46.0 Å². The van der Waals surface area contributed by atoms with Gasteiger partial charge >= 0.3 is 6.61 Å². The lowest BCUT2D eigenvalue weighted by atomic mass is 10.2. The van der Waals surface area contributed by atoms with Gasteiger partial charge in [0.25, 0.3) is 0 Å². The first-order valence-corrected chi connectivity index (χ1v) is 6.61. The number of aliphatic imine (C=N–C) groups is 1. The van der Waals surface area contributed by atoms with Crippen molar-refractivity contribution in [3.8, 4) is 5.75 Å². The van der Waals surface area contributed by atoms with E-state index in [2.05, 4.69) is 20.3 Å². The Labute approximate surface area is 116 Å². The number of alkyl halides is 2. The van der Waals surface area contributed by atoms with Gasteiger partial charge < -0.3 is 4.74 Å². The van der Waals surface area contributed by atoms with Crippen LogP contribution in [0.2, 0.25) is 0 Å². The van der Waals surface area contributed by atoms with Gasteiger partial charge in [0.2, 0.25) is 0 Å². The molecule has 0 unspecified atom stereocenters. The Morgan fingerprint density at radius 3 is 2.75 bits per heavy atom. The minimum Gasteiger partial charge on any atom is -0.435 e. The Kier molecular flexibility index (Phi) is 5.46. The summed E-state index contributed by atoms with van der Waals surface area (Å²) in [4.78, 5) is 4.39. The number of ether oxygens (including phenoxy) is 1. The van der Waals surface area contributed by atoms with Crippen molar-refractivity contribution in [3.05, 3.63) is 29.8 Å². The lowest BCUT2D eigenvalue weighted by Gasteiger charge is -2.04. The lowest BCUT2D eigenvalue weighted by Crippen LogP contribution is -2.17. The van der Waals surface area contributed by atoms with Crippen molar-refractivity contribution in [2.75, 3.05) is 6.54 Å². The van der Waals surface area contributed by atoms with Crippen molar-refractivity contribution in [2.24, 2.45) is 10.1 Å². The number of hydrogen-bond acceptors (Lipinski definition) is 4. The van der Waals surface area contributed by atoms with Crippen LogP contribution in [-0.4, -0.2) is 25.2 Å². The molecular weight excluding hydrogens is 264 g/mol. The number of nitrogens with zero attached hydrogens (tertiary/aromatic N) is 2. The van der Waals surface area contributed by atoms with Gasteiger partial charge in [-0.1, -0.05) is 6.42 Å². The largest absolute Gasteiger partial charge is 0.435 e. The lowest BCUT2D eigenvalue weighted by molar-refractivity contribution is -0.0498. The van der Waals surface area contributed by atoms with E-state index in [0.717, 1.165) is 37.2 Å². The zero-order valence-corrected chi connectivity index (χ0v) is 11.1. The Morgan fingerprint density at radius 1 is 1.20 bits per heavy atom. The standard InChI is InChI=1S/C14H17F2N3O/c15-14(16)20-12-7-5-11(6-8-12)10-18-19-13-4-2-1-3-9-17-13/h5-8,10,14H,1-4,9H2,(H,17,19). The summed E-state index contributed by atoms with van der Waals surface area (Å²) in [5, 5.41) is 4.10. The second-order valence-corrected chi connectivity index (χ2v) is 4.46. The van der Waals surface area contributed by atoms with Crippen LogP contribution in [-0.2, 0) is 0 Å². The normalized spacial score (nSPS) is 16.1. The van der Waals surface area contributed by atoms with E-state index in [0.29, 0.717) is 0 Å². The van der Waals surface area contributed by atoms with E-state index < -0.39 is 6.61 Å². The molecule has 0 amide bonds. The van der Waals surface area contributed by atoms with Gasteiger partial charge in [0.1, 0.15) is 11.6 Å². The van der Waals surface area contributed by atoms with Gasteiger partial charge in [0.15, 0.2) is 0 Å². The zero-order chi connectivity index (χ0) is 14.2. The smallest absolute Gasteiger partial charge is 0.387 e. The Balaban J connectivity index is 1.86. The number of hydrazone groups is 1. The quantitative estimate of drug-likeness (QED) is 0.680. The summed E-state index contributed by atoms with van der Waals surface area (Å²) in [6.07, 6.45) is 5.99. The number of rotatable bonds is 4. The van der Waals surface area contributed by atoms with Crippen molar-refractivity contribution in [2.45, 2.75) is 32.3 Å². The fraction of sp³-hybridized carbons (Fsp3) is 0.429. The van der Waals surface area contributed by atoms with E-state index in [9.17, 15) is 8.78 Å². The number of benzene rings is 1. The van der Waals surface area contributed by atoms with E-state index in [1.54, 1.807) is 18.3 Å². The highest BCUT2D eigenvalue weighted by molar-refractivity contribution is 5.85. The van der Waals surface area contributed by atoms with Gasteiger partial charge in [0, 0.05) is 13.0 Å². The van der Waals surface area contributed by atoms with Gasteiger partial charge in [-0.05, 0) is 42.7 Å². The molecule has 1 aliphatic rings. The van der Waals surface area contributed by atoms with E-state index in [4.69, 9.17) is 0 Å². The molecule has 0 radical (unpaired) electrons. The summed E-state index contributed by atoms with van der Waals surface area (Å²) in [5.41, 5.74) is 3.72. The maximum atomic E-state index is 12.0. The second-order valence-electron chi connectivity index (χ2n) is 4.46. The molecule has 0 fully saturated rings. The predicted octanol–water partition coefficient (Wildman–Crippen LogP) is 3.18. The highest BCUT2D eigenvalue weighted by Gasteiger charge is 2.03. The van der Waals surface area contributed by atoms with Crippen LogP contribution in [0.25, 0.3) is 0 Å². The maximum Gasteiger partial charge on any atom is 0.387 e. The third-order valence-electron chi connectivity index (χ3n) is 2.89. The maximum absolute atomic E-state index is 12.0.